The summed E-state index contributed by atoms with van der Waals surface area (Å²) in [5.41, 5.74) is 1.67. The molecular formula is C14H19FN2O. The largest absolute Gasteiger partial charge is 0.392 e. The topological polar surface area (TPSA) is 26.7 Å². The highest BCUT2D eigenvalue weighted by Crippen LogP contribution is 2.29. The predicted molar refractivity (Wildman–Crippen MR) is 69.1 cm³/mol. The standard InChI is InChI=1S/C14H19FN2O/c15-12-1-4-14(11(9-12)10-18)17-7-5-16(6-8-17)13-2-3-13/h1,4,9,13,18H,2-3,5-8,10H2. The number of hydrogen-bond donors (Lipinski definition) is 1. The van der Waals surface area contributed by atoms with E-state index in [1.807, 2.05) is 0 Å². The lowest BCUT2D eigenvalue weighted by molar-refractivity contribution is 0.246. The van der Waals surface area contributed by atoms with E-state index in [2.05, 4.69) is 9.80 Å². The van der Waals surface area contributed by atoms with Crippen LogP contribution in [0.3, 0.4) is 0 Å². The van der Waals surface area contributed by atoms with Gasteiger partial charge in [-0.2, -0.15) is 0 Å². The quantitative estimate of drug-likeness (QED) is 0.882. The normalized spacial score (nSPS) is 21.3. The second-order valence-corrected chi connectivity index (χ2v) is 5.19. The van der Waals surface area contributed by atoms with E-state index < -0.39 is 0 Å². The molecule has 2 fully saturated rings. The van der Waals surface area contributed by atoms with Gasteiger partial charge in [-0.1, -0.05) is 0 Å². The van der Waals surface area contributed by atoms with Crippen molar-refractivity contribution >= 4 is 5.69 Å². The van der Waals surface area contributed by atoms with E-state index in [9.17, 15) is 9.50 Å². The molecule has 1 N–H and O–H groups in total. The highest BCUT2D eigenvalue weighted by atomic mass is 19.1. The van der Waals surface area contributed by atoms with Crippen molar-refractivity contribution in [2.24, 2.45) is 0 Å². The number of benzene rings is 1. The van der Waals surface area contributed by atoms with Crippen molar-refractivity contribution < 1.29 is 9.50 Å². The summed E-state index contributed by atoms with van der Waals surface area (Å²) in [5.74, 6) is -0.278. The van der Waals surface area contributed by atoms with Crippen LogP contribution in [0.5, 0.6) is 0 Å². The lowest BCUT2D eigenvalue weighted by Crippen LogP contribution is -2.47. The van der Waals surface area contributed by atoms with Gasteiger partial charge in [0.05, 0.1) is 6.61 Å². The number of hydrogen-bond acceptors (Lipinski definition) is 3. The lowest BCUT2D eigenvalue weighted by atomic mass is 10.1. The number of aliphatic hydroxyl groups excluding tert-OH is 1. The Bertz CT molecular complexity index is 426. The minimum absolute atomic E-state index is 0.101. The zero-order chi connectivity index (χ0) is 12.5. The Morgan fingerprint density at radius 2 is 1.89 bits per heavy atom. The molecule has 18 heavy (non-hydrogen) atoms. The Balaban J connectivity index is 1.71. The van der Waals surface area contributed by atoms with Crippen molar-refractivity contribution in [2.45, 2.75) is 25.5 Å². The smallest absolute Gasteiger partial charge is 0.123 e. The number of anilines is 1. The van der Waals surface area contributed by atoms with Gasteiger partial charge in [0.25, 0.3) is 0 Å². The SMILES string of the molecule is OCc1cc(F)ccc1N1CCN(C2CC2)CC1. The van der Waals surface area contributed by atoms with Gasteiger partial charge in [-0.15, -0.1) is 0 Å². The first kappa shape index (κ1) is 11.9. The monoisotopic (exact) mass is 250 g/mol. The average Bonchev–Trinajstić information content (AvgIpc) is 3.23. The molecule has 0 bridgehead atoms. The summed E-state index contributed by atoms with van der Waals surface area (Å²) < 4.78 is 13.1. The molecule has 0 amide bonds. The summed E-state index contributed by atoms with van der Waals surface area (Å²) in [6.07, 6.45) is 2.69. The Kier molecular flexibility index (Phi) is 3.22. The van der Waals surface area contributed by atoms with E-state index >= 15 is 0 Å². The van der Waals surface area contributed by atoms with Crippen LogP contribution in [0.15, 0.2) is 18.2 Å². The molecule has 0 aromatic heterocycles. The molecule has 1 aliphatic carbocycles. The van der Waals surface area contributed by atoms with Gasteiger partial charge in [0.1, 0.15) is 5.82 Å². The molecule has 3 nitrogen and oxygen atoms in total. The van der Waals surface area contributed by atoms with Gasteiger partial charge in [-0.05, 0) is 31.0 Å². The van der Waals surface area contributed by atoms with Crippen LogP contribution < -0.4 is 4.90 Å². The molecule has 98 valence electrons. The number of rotatable bonds is 3. The molecule has 1 aromatic rings. The number of piperazine rings is 1. The first-order chi connectivity index (χ1) is 8.78. The van der Waals surface area contributed by atoms with E-state index in [0.29, 0.717) is 5.56 Å². The Morgan fingerprint density at radius 3 is 2.50 bits per heavy atom. The lowest BCUT2D eigenvalue weighted by Gasteiger charge is -2.37. The predicted octanol–water partition coefficient (Wildman–Crippen LogP) is 1.60. The molecule has 0 unspecified atom stereocenters. The average molecular weight is 250 g/mol. The van der Waals surface area contributed by atoms with E-state index in [4.69, 9.17) is 0 Å². The van der Waals surface area contributed by atoms with Crippen LogP contribution in [0.25, 0.3) is 0 Å². The first-order valence-corrected chi connectivity index (χ1v) is 6.66. The molecule has 1 saturated carbocycles. The maximum atomic E-state index is 13.1. The van der Waals surface area contributed by atoms with Crippen molar-refractivity contribution in [3.05, 3.63) is 29.6 Å². The van der Waals surface area contributed by atoms with Crippen molar-refractivity contribution in [1.82, 2.24) is 4.90 Å². The van der Waals surface area contributed by atoms with Gasteiger partial charge < -0.3 is 10.0 Å². The number of halogens is 1. The molecule has 1 heterocycles. The van der Waals surface area contributed by atoms with E-state index in [-0.39, 0.29) is 12.4 Å². The van der Waals surface area contributed by atoms with Gasteiger partial charge in [-0.25, -0.2) is 4.39 Å². The summed E-state index contributed by atoms with van der Waals surface area (Å²) in [7, 11) is 0. The molecular weight excluding hydrogens is 231 g/mol. The van der Waals surface area contributed by atoms with Gasteiger partial charge in [0, 0.05) is 43.5 Å². The van der Waals surface area contributed by atoms with E-state index in [0.717, 1.165) is 37.9 Å². The molecule has 1 saturated heterocycles. The van der Waals surface area contributed by atoms with Gasteiger partial charge in [-0.3, -0.25) is 4.90 Å². The molecule has 0 radical (unpaired) electrons. The Labute approximate surface area is 107 Å². The minimum atomic E-state index is -0.278. The van der Waals surface area contributed by atoms with Crippen LogP contribution in [-0.4, -0.2) is 42.2 Å². The minimum Gasteiger partial charge on any atom is -0.392 e. The number of nitrogens with zero attached hydrogens (tertiary/aromatic N) is 2. The van der Waals surface area contributed by atoms with Gasteiger partial charge in [0.2, 0.25) is 0 Å². The second-order valence-electron chi connectivity index (χ2n) is 5.19. The van der Waals surface area contributed by atoms with Gasteiger partial charge in [0.15, 0.2) is 0 Å². The van der Waals surface area contributed by atoms with Crippen LogP contribution in [0.2, 0.25) is 0 Å². The second kappa shape index (κ2) is 4.86. The highest BCUT2D eigenvalue weighted by molar-refractivity contribution is 5.54. The summed E-state index contributed by atoms with van der Waals surface area (Å²) in [6.45, 7) is 3.99. The zero-order valence-electron chi connectivity index (χ0n) is 10.5. The number of aliphatic hydroxyl groups is 1. The van der Waals surface area contributed by atoms with Gasteiger partial charge >= 0.3 is 0 Å². The summed E-state index contributed by atoms with van der Waals surface area (Å²) in [6, 6.07) is 5.51. The molecule has 4 heteroatoms. The third kappa shape index (κ3) is 2.35. The molecule has 3 rings (SSSR count). The van der Waals surface area contributed by atoms with Crippen LogP contribution in [0.1, 0.15) is 18.4 Å². The molecule has 1 aliphatic heterocycles. The third-order valence-electron chi connectivity index (χ3n) is 3.93. The van der Waals surface area contributed by atoms with Crippen LogP contribution in [-0.2, 0) is 6.61 Å². The van der Waals surface area contributed by atoms with E-state index in [1.54, 1.807) is 6.07 Å². The zero-order valence-corrected chi connectivity index (χ0v) is 10.5. The van der Waals surface area contributed by atoms with E-state index in [1.165, 1.54) is 25.0 Å². The maximum absolute atomic E-state index is 13.1. The Morgan fingerprint density at radius 1 is 1.17 bits per heavy atom. The van der Waals surface area contributed by atoms with Crippen molar-refractivity contribution in [1.29, 1.82) is 0 Å². The summed E-state index contributed by atoms with van der Waals surface area (Å²) in [5, 5.41) is 9.32. The third-order valence-corrected chi connectivity index (χ3v) is 3.93. The Hall–Kier alpha value is -1.13. The summed E-state index contributed by atoms with van der Waals surface area (Å²) in [4.78, 5) is 4.79. The molecule has 0 atom stereocenters. The molecule has 2 aliphatic rings. The fourth-order valence-electron chi connectivity index (χ4n) is 2.76. The molecule has 1 aromatic carbocycles. The van der Waals surface area contributed by atoms with Crippen LogP contribution in [0.4, 0.5) is 10.1 Å². The van der Waals surface area contributed by atoms with Crippen molar-refractivity contribution in [3.63, 3.8) is 0 Å². The first-order valence-electron chi connectivity index (χ1n) is 6.66. The van der Waals surface area contributed by atoms with Crippen LogP contribution >= 0.6 is 0 Å². The molecule has 0 spiro atoms. The van der Waals surface area contributed by atoms with Crippen molar-refractivity contribution in [2.75, 3.05) is 31.1 Å². The summed E-state index contributed by atoms with van der Waals surface area (Å²) >= 11 is 0. The van der Waals surface area contributed by atoms with Crippen LogP contribution in [0, 0.1) is 5.82 Å². The fourth-order valence-corrected chi connectivity index (χ4v) is 2.76. The fraction of sp³-hybridized carbons (Fsp3) is 0.571. The van der Waals surface area contributed by atoms with Crippen molar-refractivity contribution in [3.8, 4) is 0 Å². The highest BCUT2D eigenvalue weighted by Gasteiger charge is 2.31. The maximum Gasteiger partial charge on any atom is 0.123 e.